The zero-order valence-corrected chi connectivity index (χ0v) is 23.2. The van der Waals surface area contributed by atoms with Crippen molar-refractivity contribution in [1.29, 1.82) is 0 Å². The second-order valence-corrected chi connectivity index (χ2v) is 12.3. The van der Waals surface area contributed by atoms with Crippen LogP contribution in [0.1, 0.15) is 37.8 Å². The van der Waals surface area contributed by atoms with Crippen molar-refractivity contribution in [3.8, 4) is 5.75 Å². The van der Waals surface area contributed by atoms with Gasteiger partial charge in [0.05, 0.1) is 18.6 Å². The van der Waals surface area contributed by atoms with Crippen LogP contribution in [0.2, 0.25) is 0 Å². The van der Waals surface area contributed by atoms with Crippen LogP contribution in [0.4, 0.5) is 0 Å². The summed E-state index contributed by atoms with van der Waals surface area (Å²) in [5.41, 5.74) is 1.34. The van der Waals surface area contributed by atoms with Gasteiger partial charge >= 0.3 is 0 Å². The smallest absolute Gasteiger partial charge is 0.248 e. The van der Waals surface area contributed by atoms with Crippen molar-refractivity contribution in [3.63, 3.8) is 0 Å². The largest absolute Gasteiger partial charge is 0.497 e. The molecule has 1 fully saturated rings. The number of likely N-dealkylation sites (N-methyl/N-ethyl adjacent to an activating group) is 2. The number of aryl methyl sites for hydroxylation is 2. The highest BCUT2D eigenvalue weighted by Gasteiger charge is 2.50. The van der Waals surface area contributed by atoms with E-state index < -0.39 is 10.0 Å². The van der Waals surface area contributed by atoms with E-state index in [4.69, 9.17) is 9.47 Å². The molecule has 2 rings (SSSR count). The second kappa shape index (κ2) is 11.4. The lowest BCUT2D eigenvalue weighted by Crippen LogP contribution is -2.59. The van der Waals surface area contributed by atoms with E-state index in [0.29, 0.717) is 22.8 Å². The topological polar surface area (TPSA) is 79.4 Å². The Morgan fingerprint density at radius 3 is 2.18 bits per heavy atom. The summed E-state index contributed by atoms with van der Waals surface area (Å²) in [5.74, 6) is 1.15. The van der Waals surface area contributed by atoms with E-state index in [0.717, 1.165) is 19.4 Å². The molecule has 0 bridgehead atoms. The normalized spacial score (nSPS) is 19.9. The maximum atomic E-state index is 13.1. The lowest BCUT2D eigenvalue weighted by Gasteiger charge is -2.56. The Balaban J connectivity index is 1.86. The van der Waals surface area contributed by atoms with Gasteiger partial charge in [-0.2, -0.15) is 4.31 Å². The molecule has 8 nitrogen and oxygen atoms in total. The van der Waals surface area contributed by atoms with E-state index in [2.05, 4.69) is 32.8 Å². The maximum Gasteiger partial charge on any atom is 0.248 e. The van der Waals surface area contributed by atoms with Gasteiger partial charge in [-0.3, -0.25) is 4.79 Å². The number of carbonyl (C=O) groups is 1. The standard InChI is InChI=1S/C25H43N3O5S/c1-18-14-21(32-9)15-19(2)24(18)34(30,31)27(7)12-13-33-17-23(29)28(8)22-16-20(25(22,3)4)10-11-26(5)6/h14-15,20,22H,10-13,16-17H2,1-9H3/t20-,22+/m0/s1. The fourth-order valence-corrected chi connectivity index (χ4v) is 6.45. The number of methoxy groups -OCH3 is 1. The molecule has 1 amide bonds. The summed E-state index contributed by atoms with van der Waals surface area (Å²) < 4.78 is 38.3. The molecular weight excluding hydrogens is 454 g/mol. The molecule has 1 saturated carbocycles. The molecule has 0 unspecified atom stereocenters. The fraction of sp³-hybridized carbons (Fsp3) is 0.720. The van der Waals surface area contributed by atoms with Crippen LogP contribution in [-0.4, -0.2) is 96.1 Å². The van der Waals surface area contributed by atoms with Gasteiger partial charge in [-0.1, -0.05) is 13.8 Å². The molecule has 34 heavy (non-hydrogen) atoms. The van der Waals surface area contributed by atoms with Crippen LogP contribution in [0.5, 0.6) is 5.75 Å². The van der Waals surface area contributed by atoms with Crippen molar-refractivity contribution in [2.24, 2.45) is 11.3 Å². The second-order valence-electron chi connectivity index (χ2n) is 10.3. The molecule has 0 aromatic heterocycles. The maximum absolute atomic E-state index is 13.1. The highest BCUT2D eigenvalue weighted by molar-refractivity contribution is 7.89. The van der Waals surface area contributed by atoms with Gasteiger partial charge in [0.1, 0.15) is 12.4 Å². The summed E-state index contributed by atoms with van der Waals surface area (Å²) in [6.07, 6.45) is 2.13. The van der Waals surface area contributed by atoms with Crippen molar-refractivity contribution in [1.82, 2.24) is 14.1 Å². The Morgan fingerprint density at radius 1 is 1.09 bits per heavy atom. The van der Waals surface area contributed by atoms with Gasteiger partial charge in [0.25, 0.3) is 0 Å². The van der Waals surface area contributed by atoms with Crippen molar-refractivity contribution >= 4 is 15.9 Å². The predicted molar refractivity (Wildman–Crippen MR) is 135 cm³/mol. The van der Waals surface area contributed by atoms with Gasteiger partial charge < -0.3 is 19.3 Å². The molecule has 194 valence electrons. The van der Waals surface area contributed by atoms with E-state index in [-0.39, 0.29) is 42.0 Å². The summed E-state index contributed by atoms with van der Waals surface area (Å²) in [5, 5.41) is 0. The monoisotopic (exact) mass is 497 g/mol. The zero-order valence-electron chi connectivity index (χ0n) is 22.3. The van der Waals surface area contributed by atoms with E-state index in [1.807, 2.05) is 7.05 Å². The quantitative estimate of drug-likeness (QED) is 0.413. The lowest BCUT2D eigenvalue weighted by atomic mass is 9.57. The minimum Gasteiger partial charge on any atom is -0.497 e. The molecule has 0 aliphatic heterocycles. The Hall–Kier alpha value is -1.68. The molecule has 9 heteroatoms. The first kappa shape index (κ1) is 28.6. The van der Waals surface area contributed by atoms with Crippen LogP contribution >= 0.6 is 0 Å². The van der Waals surface area contributed by atoms with Gasteiger partial charge in [-0.25, -0.2) is 8.42 Å². The molecule has 0 heterocycles. The van der Waals surface area contributed by atoms with Crippen LogP contribution < -0.4 is 4.74 Å². The molecule has 0 N–H and O–H groups in total. The lowest BCUT2D eigenvalue weighted by molar-refractivity contribution is -0.148. The van der Waals surface area contributed by atoms with Gasteiger partial charge in [0.15, 0.2) is 0 Å². The fourth-order valence-electron chi connectivity index (χ4n) is 4.89. The summed E-state index contributed by atoms with van der Waals surface area (Å²) in [4.78, 5) is 17.0. The van der Waals surface area contributed by atoms with Crippen LogP contribution in [0.25, 0.3) is 0 Å². The molecule has 1 aliphatic rings. The number of ether oxygens (including phenoxy) is 2. The Kier molecular flexibility index (Phi) is 9.55. The molecule has 2 atom stereocenters. The van der Waals surface area contributed by atoms with Crippen molar-refractivity contribution in [3.05, 3.63) is 23.3 Å². The average molecular weight is 498 g/mol. The first-order chi connectivity index (χ1) is 15.7. The molecule has 0 radical (unpaired) electrons. The molecule has 0 saturated heterocycles. The number of hydrogen-bond acceptors (Lipinski definition) is 6. The minimum absolute atomic E-state index is 0.0556. The van der Waals surface area contributed by atoms with Crippen molar-refractivity contribution in [2.75, 3.05) is 61.6 Å². The van der Waals surface area contributed by atoms with Gasteiger partial charge in [-0.15, -0.1) is 0 Å². The number of nitrogens with zero attached hydrogens (tertiary/aromatic N) is 3. The number of rotatable bonds is 12. The van der Waals surface area contributed by atoms with Crippen LogP contribution in [0.15, 0.2) is 17.0 Å². The minimum atomic E-state index is -3.68. The Labute approximate surface area is 206 Å². The van der Waals surface area contributed by atoms with Crippen LogP contribution in [0.3, 0.4) is 0 Å². The van der Waals surface area contributed by atoms with E-state index >= 15 is 0 Å². The number of amides is 1. The van der Waals surface area contributed by atoms with Crippen molar-refractivity contribution < 1.29 is 22.7 Å². The third kappa shape index (κ3) is 6.30. The third-order valence-corrected chi connectivity index (χ3v) is 9.48. The van der Waals surface area contributed by atoms with Crippen molar-refractivity contribution in [2.45, 2.75) is 51.5 Å². The summed E-state index contributed by atoms with van der Waals surface area (Å²) in [6.45, 7) is 9.27. The van der Waals surface area contributed by atoms with E-state index in [9.17, 15) is 13.2 Å². The highest BCUT2D eigenvalue weighted by atomic mass is 32.2. The van der Waals surface area contributed by atoms with E-state index in [1.54, 1.807) is 38.0 Å². The van der Waals surface area contributed by atoms with E-state index in [1.165, 1.54) is 11.4 Å². The number of hydrogen-bond donors (Lipinski definition) is 0. The number of benzene rings is 1. The van der Waals surface area contributed by atoms with Gasteiger partial charge in [0.2, 0.25) is 15.9 Å². The first-order valence-electron chi connectivity index (χ1n) is 11.8. The molecule has 0 spiro atoms. The first-order valence-corrected chi connectivity index (χ1v) is 13.3. The van der Waals surface area contributed by atoms with Crippen LogP contribution in [0, 0.1) is 25.2 Å². The molecule has 1 aromatic rings. The Bertz CT molecular complexity index is 938. The summed E-state index contributed by atoms with van der Waals surface area (Å²) in [7, 11) is 5.40. The predicted octanol–water partition coefficient (Wildman–Crippen LogP) is 2.77. The number of sulfonamides is 1. The van der Waals surface area contributed by atoms with Gasteiger partial charge in [0, 0.05) is 26.7 Å². The molecule has 1 aliphatic carbocycles. The zero-order chi connectivity index (χ0) is 25.8. The highest BCUT2D eigenvalue weighted by Crippen LogP contribution is 2.50. The number of carbonyl (C=O) groups excluding carboxylic acids is 1. The van der Waals surface area contributed by atoms with Crippen LogP contribution in [-0.2, 0) is 19.6 Å². The average Bonchev–Trinajstić information content (AvgIpc) is 2.74. The SMILES string of the molecule is COc1cc(C)c(S(=O)(=O)N(C)CCOCC(=O)N(C)[C@@H]2C[C@H](CCN(C)C)C2(C)C)c(C)c1. The molecule has 1 aromatic carbocycles. The van der Waals surface area contributed by atoms with Gasteiger partial charge in [-0.05, 0) is 81.9 Å². The third-order valence-electron chi connectivity index (χ3n) is 7.32. The summed E-state index contributed by atoms with van der Waals surface area (Å²) in [6, 6.07) is 3.62. The molecular formula is C25H43N3O5S. The summed E-state index contributed by atoms with van der Waals surface area (Å²) >= 11 is 0. The Morgan fingerprint density at radius 2 is 1.68 bits per heavy atom.